The van der Waals surface area contributed by atoms with Crippen LogP contribution in [0.5, 0.6) is 5.75 Å². The molecule has 1 atom stereocenters. The van der Waals surface area contributed by atoms with Gasteiger partial charge in [0.15, 0.2) is 0 Å². The summed E-state index contributed by atoms with van der Waals surface area (Å²) in [6.45, 7) is 6.13. The van der Waals surface area contributed by atoms with E-state index >= 15 is 0 Å². The summed E-state index contributed by atoms with van der Waals surface area (Å²) in [7, 11) is 3.63. The number of aryl methyl sites for hydroxylation is 2. The van der Waals surface area contributed by atoms with E-state index < -0.39 is 0 Å². The van der Waals surface area contributed by atoms with Crippen LogP contribution in [0.4, 0.5) is 0 Å². The van der Waals surface area contributed by atoms with E-state index in [9.17, 15) is 4.79 Å². The van der Waals surface area contributed by atoms with Crippen molar-refractivity contribution in [1.82, 2.24) is 25.1 Å². The molecule has 7 heteroatoms. The second kappa shape index (κ2) is 8.86. The predicted octanol–water partition coefficient (Wildman–Crippen LogP) is 4.34. The van der Waals surface area contributed by atoms with Gasteiger partial charge in [-0.25, -0.2) is 4.98 Å². The first-order valence-corrected chi connectivity index (χ1v) is 10.8. The number of para-hydroxylation sites is 2. The van der Waals surface area contributed by atoms with Gasteiger partial charge in [0.25, 0.3) is 0 Å². The van der Waals surface area contributed by atoms with Crippen molar-refractivity contribution in [3.05, 3.63) is 65.6 Å². The summed E-state index contributed by atoms with van der Waals surface area (Å²) < 4.78 is 7.31. The third-order valence-electron chi connectivity index (χ3n) is 5.86. The monoisotopic (exact) mass is 431 g/mol. The largest absolute Gasteiger partial charge is 0.497 e. The smallest absolute Gasteiger partial charge is 0.225 e. The molecule has 0 aliphatic carbocycles. The van der Waals surface area contributed by atoms with Gasteiger partial charge in [-0.15, -0.1) is 0 Å². The van der Waals surface area contributed by atoms with Crippen LogP contribution in [0.3, 0.4) is 0 Å². The Balaban J connectivity index is 1.58. The van der Waals surface area contributed by atoms with Crippen LogP contribution in [-0.4, -0.2) is 32.8 Å². The van der Waals surface area contributed by atoms with Crippen molar-refractivity contribution in [2.75, 3.05) is 7.11 Å². The molecule has 7 nitrogen and oxygen atoms in total. The highest BCUT2D eigenvalue weighted by Crippen LogP contribution is 2.28. The highest BCUT2D eigenvalue weighted by Gasteiger charge is 2.25. The van der Waals surface area contributed by atoms with Gasteiger partial charge >= 0.3 is 0 Å². The van der Waals surface area contributed by atoms with E-state index in [1.165, 1.54) is 0 Å². The minimum Gasteiger partial charge on any atom is -0.497 e. The molecule has 0 fully saturated rings. The predicted molar refractivity (Wildman–Crippen MR) is 125 cm³/mol. The zero-order valence-corrected chi connectivity index (χ0v) is 19.1. The number of rotatable bonds is 7. The van der Waals surface area contributed by atoms with Crippen molar-refractivity contribution in [1.29, 1.82) is 0 Å². The number of ether oxygens (including phenoxy) is 1. The Kier molecular flexibility index (Phi) is 5.99. The average molecular weight is 432 g/mol. The zero-order valence-electron chi connectivity index (χ0n) is 19.1. The molecule has 0 saturated carbocycles. The van der Waals surface area contributed by atoms with Gasteiger partial charge in [-0.05, 0) is 49.2 Å². The van der Waals surface area contributed by atoms with E-state index in [2.05, 4.69) is 33.9 Å². The van der Waals surface area contributed by atoms with E-state index in [4.69, 9.17) is 9.72 Å². The van der Waals surface area contributed by atoms with Gasteiger partial charge in [0.05, 0.1) is 36.3 Å². The first-order valence-electron chi connectivity index (χ1n) is 10.8. The molecule has 166 valence electrons. The highest BCUT2D eigenvalue weighted by molar-refractivity contribution is 5.82. The van der Waals surface area contributed by atoms with Crippen molar-refractivity contribution < 1.29 is 9.53 Å². The number of fused-ring (bicyclic) bond motifs is 1. The normalized spacial score (nSPS) is 12.3. The number of H-pyrrole nitrogens is 1. The van der Waals surface area contributed by atoms with Gasteiger partial charge < -0.3 is 14.6 Å². The number of aromatic amines is 1. The van der Waals surface area contributed by atoms with Crippen LogP contribution < -0.4 is 10.1 Å². The van der Waals surface area contributed by atoms with E-state index in [-0.39, 0.29) is 24.3 Å². The van der Waals surface area contributed by atoms with Gasteiger partial charge in [0.1, 0.15) is 11.6 Å². The zero-order chi connectivity index (χ0) is 22.8. The number of carbonyl (C=O) groups is 1. The van der Waals surface area contributed by atoms with E-state index in [1.54, 1.807) is 7.11 Å². The number of methoxy groups -OCH3 is 1. The molecule has 0 saturated heterocycles. The molecule has 0 bridgehead atoms. The summed E-state index contributed by atoms with van der Waals surface area (Å²) in [6.07, 6.45) is 0.233. The Morgan fingerprint density at radius 2 is 1.88 bits per heavy atom. The molecule has 0 radical (unpaired) electrons. The SMILES string of the molecule is COc1ccc(-c2n[nH]c(C)c2CC(=O)N[C@H](c2nc3ccccc3n2C)C(C)C)cc1. The van der Waals surface area contributed by atoms with E-state index in [0.29, 0.717) is 0 Å². The molecule has 0 aliphatic heterocycles. The topological polar surface area (TPSA) is 84.8 Å². The standard InChI is InChI=1S/C25H29N5O2/c1-15(2)23(25-26-20-8-6-7-9-21(20)30(25)4)27-22(31)14-19-16(3)28-29-24(19)17-10-12-18(32-5)13-11-17/h6-13,15,23H,14H2,1-5H3,(H,27,31)(H,28,29)/t23-/m0/s1. The van der Waals surface area contributed by atoms with Crippen LogP contribution >= 0.6 is 0 Å². The molecule has 0 spiro atoms. The number of carbonyl (C=O) groups excluding carboxylic acids is 1. The molecule has 2 heterocycles. The Morgan fingerprint density at radius 3 is 2.53 bits per heavy atom. The summed E-state index contributed by atoms with van der Waals surface area (Å²) in [5.41, 5.74) is 5.47. The molecule has 32 heavy (non-hydrogen) atoms. The Labute approximate surface area is 187 Å². The number of nitrogens with zero attached hydrogens (tertiary/aromatic N) is 3. The van der Waals surface area contributed by atoms with Crippen LogP contribution in [0.2, 0.25) is 0 Å². The number of imidazole rings is 1. The van der Waals surface area contributed by atoms with Gasteiger partial charge in [-0.3, -0.25) is 9.89 Å². The van der Waals surface area contributed by atoms with Gasteiger partial charge in [0, 0.05) is 23.9 Å². The first-order chi connectivity index (χ1) is 15.4. The number of hydrogen-bond acceptors (Lipinski definition) is 4. The quantitative estimate of drug-likeness (QED) is 0.456. The van der Waals surface area contributed by atoms with Crippen molar-refractivity contribution in [2.24, 2.45) is 13.0 Å². The molecular weight excluding hydrogens is 402 g/mol. The fourth-order valence-electron chi connectivity index (χ4n) is 4.01. The second-order valence-electron chi connectivity index (χ2n) is 8.39. The molecule has 0 unspecified atom stereocenters. The van der Waals surface area contributed by atoms with Crippen LogP contribution in [0, 0.1) is 12.8 Å². The molecule has 4 rings (SSSR count). The van der Waals surface area contributed by atoms with Crippen LogP contribution in [0.15, 0.2) is 48.5 Å². The van der Waals surface area contributed by atoms with Gasteiger partial charge in [-0.2, -0.15) is 5.10 Å². The molecule has 0 aliphatic rings. The van der Waals surface area contributed by atoms with Gasteiger partial charge in [0.2, 0.25) is 5.91 Å². The molecule has 2 aromatic carbocycles. The summed E-state index contributed by atoms with van der Waals surface area (Å²) in [5.74, 6) is 1.76. The molecule has 2 N–H and O–H groups in total. The Bertz CT molecular complexity index is 1240. The number of aromatic nitrogens is 4. The first kappa shape index (κ1) is 21.6. The Hall–Kier alpha value is -3.61. The number of amides is 1. The van der Waals surface area contributed by atoms with E-state index in [1.807, 2.05) is 62.5 Å². The minimum atomic E-state index is -0.198. The summed E-state index contributed by atoms with van der Waals surface area (Å²) >= 11 is 0. The lowest BCUT2D eigenvalue weighted by molar-refractivity contribution is -0.121. The van der Waals surface area contributed by atoms with Crippen molar-refractivity contribution in [3.8, 4) is 17.0 Å². The molecule has 2 aromatic heterocycles. The molecular formula is C25H29N5O2. The maximum Gasteiger partial charge on any atom is 0.225 e. The van der Waals surface area contributed by atoms with Crippen LogP contribution in [-0.2, 0) is 18.3 Å². The molecule has 1 amide bonds. The summed E-state index contributed by atoms with van der Waals surface area (Å²) in [6, 6.07) is 15.5. The fraction of sp³-hybridized carbons (Fsp3) is 0.320. The summed E-state index contributed by atoms with van der Waals surface area (Å²) in [5, 5.41) is 10.7. The molecule has 4 aromatic rings. The number of nitrogens with one attached hydrogen (secondary N) is 2. The lowest BCUT2D eigenvalue weighted by Gasteiger charge is -2.22. The van der Waals surface area contributed by atoms with E-state index in [0.717, 1.165) is 45.1 Å². The van der Waals surface area contributed by atoms with Crippen LogP contribution in [0.25, 0.3) is 22.3 Å². The number of hydrogen-bond donors (Lipinski definition) is 2. The third-order valence-corrected chi connectivity index (χ3v) is 5.86. The van der Waals surface area contributed by atoms with Gasteiger partial charge in [-0.1, -0.05) is 26.0 Å². The van der Waals surface area contributed by atoms with Crippen molar-refractivity contribution in [2.45, 2.75) is 33.2 Å². The number of benzene rings is 2. The third kappa shape index (κ3) is 4.10. The van der Waals surface area contributed by atoms with Crippen LogP contribution in [0.1, 0.15) is 37.0 Å². The lowest BCUT2D eigenvalue weighted by atomic mass is 10.0. The lowest BCUT2D eigenvalue weighted by Crippen LogP contribution is -2.34. The summed E-state index contributed by atoms with van der Waals surface area (Å²) in [4.78, 5) is 18.0. The minimum absolute atomic E-state index is 0.0602. The maximum atomic E-state index is 13.2. The fourth-order valence-corrected chi connectivity index (χ4v) is 4.01. The maximum absolute atomic E-state index is 13.2. The highest BCUT2D eigenvalue weighted by atomic mass is 16.5. The average Bonchev–Trinajstić information content (AvgIpc) is 3.32. The van der Waals surface area contributed by atoms with Crippen molar-refractivity contribution >= 4 is 16.9 Å². The van der Waals surface area contributed by atoms with Crippen molar-refractivity contribution in [3.63, 3.8) is 0 Å². The Morgan fingerprint density at radius 1 is 1.16 bits per heavy atom. The second-order valence-corrected chi connectivity index (χ2v) is 8.39.